The van der Waals surface area contributed by atoms with Gasteiger partial charge in [0.2, 0.25) is 5.91 Å². The van der Waals surface area contributed by atoms with Crippen LogP contribution in [-0.2, 0) is 4.79 Å². The van der Waals surface area contributed by atoms with Crippen LogP contribution in [0.25, 0.3) is 10.9 Å². The van der Waals surface area contributed by atoms with Crippen molar-refractivity contribution in [2.75, 3.05) is 5.32 Å². The highest BCUT2D eigenvalue weighted by Crippen LogP contribution is 2.57. The summed E-state index contributed by atoms with van der Waals surface area (Å²) in [6, 6.07) is 14.6. The minimum atomic E-state index is -0.206. The van der Waals surface area contributed by atoms with Crippen molar-refractivity contribution in [3.63, 3.8) is 0 Å². The Morgan fingerprint density at radius 2 is 1.90 bits per heavy atom. The van der Waals surface area contributed by atoms with Gasteiger partial charge >= 0.3 is 0 Å². The first-order valence-corrected chi connectivity index (χ1v) is 11.4. The Balaban J connectivity index is 1.21. The summed E-state index contributed by atoms with van der Waals surface area (Å²) in [6.07, 6.45) is 8.25. The van der Waals surface area contributed by atoms with E-state index in [1.165, 1.54) is 11.6 Å². The van der Waals surface area contributed by atoms with Crippen LogP contribution in [0.1, 0.15) is 50.0 Å². The second-order valence-electron chi connectivity index (χ2n) is 8.94. The van der Waals surface area contributed by atoms with E-state index in [4.69, 9.17) is 0 Å². The summed E-state index contributed by atoms with van der Waals surface area (Å²) < 4.78 is 14.8. The van der Waals surface area contributed by atoms with E-state index < -0.39 is 0 Å². The van der Waals surface area contributed by atoms with Crippen LogP contribution in [0.3, 0.4) is 0 Å². The summed E-state index contributed by atoms with van der Waals surface area (Å²) in [4.78, 5) is 17.0. The van der Waals surface area contributed by atoms with E-state index in [2.05, 4.69) is 32.3 Å². The zero-order valence-electron chi connectivity index (χ0n) is 16.7. The monoisotopic (exact) mass is 466 g/mol. The molecule has 2 saturated carbocycles. The molecule has 0 saturated heterocycles. The number of nitrogens with zero attached hydrogens (tertiary/aromatic N) is 1. The summed E-state index contributed by atoms with van der Waals surface area (Å²) in [5.41, 5.74) is 3.24. The lowest BCUT2D eigenvalue weighted by atomic mass is 9.54. The maximum Gasteiger partial charge on any atom is 0.227 e. The fraction of sp³-hybridized carbons (Fsp3) is 0.360. The van der Waals surface area contributed by atoms with Gasteiger partial charge in [0.1, 0.15) is 5.82 Å². The highest BCUT2D eigenvalue weighted by atomic mass is 79.9. The molecule has 1 aromatic heterocycles. The number of hydrogen-bond acceptors (Lipinski definition) is 2. The minimum absolute atomic E-state index is 0.108. The van der Waals surface area contributed by atoms with Crippen molar-refractivity contribution in [2.45, 2.75) is 44.4 Å². The molecule has 0 aliphatic heterocycles. The second kappa shape index (κ2) is 7.77. The average molecular weight is 467 g/mol. The summed E-state index contributed by atoms with van der Waals surface area (Å²) in [7, 11) is 0. The molecule has 1 N–H and O–H groups in total. The molecule has 2 aliphatic rings. The van der Waals surface area contributed by atoms with Crippen molar-refractivity contribution in [1.29, 1.82) is 0 Å². The largest absolute Gasteiger partial charge is 0.326 e. The van der Waals surface area contributed by atoms with Gasteiger partial charge in [-0.05, 0) is 97.9 Å². The Morgan fingerprint density at radius 3 is 2.67 bits per heavy atom. The Morgan fingerprint density at radius 1 is 1.10 bits per heavy atom. The summed E-state index contributed by atoms with van der Waals surface area (Å²) >= 11 is 3.45. The molecule has 0 unspecified atom stereocenters. The molecule has 0 atom stereocenters. The number of amides is 1. The van der Waals surface area contributed by atoms with Crippen LogP contribution in [0.15, 0.2) is 59.2 Å². The van der Waals surface area contributed by atoms with E-state index in [1.54, 1.807) is 12.1 Å². The number of anilines is 1. The predicted molar refractivity (Wildman–Crippen MR) is 121 cm³/mol. The van der Waals surface area contributed by atoms with E-state index in [0.29, 0.717) is 11.3 Å². The van der Waals surface area contributed by atoms with Crippen molar-refractivity contribution >= 4 is 38.4 Å². The average Bonchev–Trinajstić information content (AvgIpc) is 2.71. The molecule has 30 heavy (non-hydrogen) atoms. The van der Waals surface area contributed by atoms with Gasteiger partial charge in [0.25, 0.3) is 0 Å². The number of halogens is 2. The molecule has 1 spiro atoms. The van der Waals surface area contributed by atoms with Crippen LogP contribution < -0.4 is 5.32 Å². The number of pyridine rings is 1. The molecule has 2 fully saturated rings. The first-order chi connectivity index (χ1) is 14.5. The number of fused-ring (bicyclic) bond motifs is 1. The van der Waals surface area contributed by atoms with Gasteiger partial charge < -0.3 is 5.32 Å². The Bertz CT molecular complexity index is 1100. The summed E-state index contributed by atoms with van der Waals surface area (Å²) in [5, 5.41) is 4.00. The summed E-state index contributed by atoms with van der Waals surface area (Å²) in [6.45, 7) is 0. The summed E-state index contributed by atoms with van der Waals surface area (Å²) in [5.74, 6) is 0.479. The van der Waals surface area contributed by atoms with Crippen molar-refractivity contribution < 1.29 is 9.18 Å². The van der Waals surface area contributed by atoms with Gasteiger partial charge in [0.05, 0.1) is 5.52 Å². The van der Waals surface area contributed by atoms with Crippen molar-refractivity contribution in [3.05, 3.63) is 70.6 Å². The lowest BCUT2D eigenvalue weighted by Gasteiger charge is -2.51. The van der Waals surface area contributed by atoms with Gasteiger partial charge in [-0.3, -0.25) is 9.78 Å². The standard InChI is InChI=1S/C25H24BrFN2O/c26-18-2-1-3-20(12-18)29-24(30)17-14-25(15-17)9-6-16(7-10-25)21-8-11-28-23-5-4-19(27)13-22(21)23/h1-5,8,11-13,16-17H,6-7,9-10,14-15H2,(H,29,30). The van der Waals surface area contributed by atoms with E-state index in [1.807, 2.05) is 30.5 Å². The highest BCUT2D eigenvalue weighted by molar-refractivity contribution is 9.10. The molecule has 0 radical (unpaired) electrons. The van der Waals surface area contributed by atoms with Crippen LogP contribution >= 0.6 is 15.9 Å². The topological polar surface area (TPSA) is 42.0 Å². The van der Waals surface area contributed by atoms with Crippen molar-refractivity contribution in [2.24, 2.45) is 11.3 Å². The maximum atomic E-state index is 13.8. The van der Waals surface area contributed by atoms with Gasteiger partial charge in [-0.25, -0.2) is 4.39 Å². The predicted octanol–water partition coefficient (Wildman–Crippen LogP) is 6.83. The molecular formula is C25H24BrFN2O. The van der Waals surface area contributed by atoms with Crippen LogP contribution in [-0.4, -0.2) is 10.9 Å². The molecule has 1 amide bonds. The SMILES string of the molecule is O=C(Nc1cccc(Br)c1)C1CC2(CCC(c3ccnc4ccc(F)cc34)CC2)C1. The third-order valence-corrected chi connectivity index (χ3v) is 7.54. The van der Waals surface area contributed by atoms with Crippen LogP contribution in [0.2, 0.25) is 0 Å². The number of nitrogens with one attached hydrogen (secondary N) is 1. The zero-order chi connectivity index (χ0) is 20.7. The smallest absolute Gasteiger partial charge is 0.227 e. The Kier molecular flexibility index (Phi) is 5.10. The molecular weight excluding hydrogens is 443 g/mol. The third kappa shape index (κ3) is 3.76. The molecule has 3 aromatic rings. The van der Waals surface area contributed by atoms with E-state index in [9.17, 15) is 9.18 Å². The second-order valence-corrected chi connectivity index (χ2v) is 9.86. The van der Waals surface area contributed by atoms with Crippen LogP contribution in [0.5, 0.6) is 0 Å². The quantitative estimate of drug-likeness (QED) is 0.459. The molecule has 3 nitrogen and oxygen atoms in total. The number of aromatic nitrogens is 1. The molecule has 0 bridgehead atoms. The van der Waals surface area contributed by atoms with E-state index in [-0.39, 0.29) is 17.6 Å². The Labute approximate surface area is 184 Å². The zero-order valence-corrected chi connectivity index (χ0v) is 18.3. The fourth-order valence-electron chi connectivity index (χ4n) is 5.43. The van der Waals surface area contributed by atoms with Crippen LogP contribution in [0.4, 0.5) is 10.1 Å². The number of carbonyl (C=O) groups is 1. The van der Waals surface area contributed by atoms with Gasteiger partial charge in [-0.2, -0.15) is 0 Å². The number of rotatable bonds is 3. The van der Waals surface area contributed by atoms with E-state index >= 15 is 0 Å². The van der Waals surface area contributed by atoms with E-state index in [0.717, 1.165) is 59.6 Å². The molecule has 5 rings (SSSR count). The molecule has 2 aromatic carbocycles. The molecule has 5 heteroatoms. The van der Waals surface area contributed by atoms with Gasteiger partial charge in [-0.15, -0.1) is 0 Å². The van der Waals surface area contributed by atoms with Crippen molar-refractivity contribution in [3.8, 4) is 0 Å². The first-order valence-electron chi connectivity index (χ1n) is 10.6. The fourth-order valence-corrected chi connectivity index (χ4v) is 5.83. The maximum absolute atomic E-state index is 13.8. The molecule has 154 valence electrons. The normalized spacial score (nSPS) is 25.8. The van der Waals surface area contributed by atoms with Crippen LogP contribution in [0, 0.1) is 17.2 Å². The lowest BCUT2D eigenvalue weighted by molar-refractivity contribution is -0.128. The number of benzene rings is 2. The third-order valence-electron chi connectivity index (χ3n) is 7.05. The number of carbonyl (C=O) groups excluding carboxylic acids is 1. The Hall–Kier alpha value is -2.27. The first kappa shape index (κ1) is 19.7. The highest BCUT2D eigenvalue weighted by Gasteiger charge is 2.48. The van der Waals surface area contributed by atoms with Gasteiger partial charge in [0.15, 0.2) is 0 Å². The lowest BCUT2D eigenvalue weighted by Crippen LogP contribution is -2.45. The molecule has 2 aliphatic carbocycles. The number of hydrogen-bond donors (Lipinski definition) is 1. The van der Waals surface area contributed by atoms with Gasteiger partial charge in [0, 0.05) is 27.7 Å². The molecule has 1 heterocycles. The minimum Gasteiger partial charge on any atom is -0.326 e. The van der Waals surface area contributed by atoms with Gasteiger partial charge in [-0.1, -0.05) is 22.0 Å². The van der Waals surface area contributed by atoms with Crippen molar-refractivity contribution in [1.82, 2.24) is 4.98 Å².